The Morgan fingerprint density at radius 1 is 0.756 bits per heavy atom. The van der Waals surface area contributed by atoms with Crippen LogP contribution in [0.25, 0.3) is 0 Å². The van der Waals surface area contributed by atoms with Gasteiger partial charge >= 0.3 is 0 Å². The molecule has 8 heteroatoms. The highest BCUT2D eigenvalue weighted by molar-refractivity contribution is 7.80. The molecule has 232 valence electrons. The van der Waals surface area contributed by atoms with Crippen LogP contribution < -0.4 is 15.4 Å². The molecular formula is C37H40N4O3S. The van der Waals surface area contributed by atoms with Crippen molar-refractivity contribution in [2.24, 2.45) is 5.92 Å². The number of nitrogens with one attached hydrogen (secondary N) is 2. The van der Waals surface area contributed by atoms with Crippen LogP contribution in [0, 0.1) is 5.92 Å². The second-order valence-electron chi connectivity index (χ2n) is 11.5. The Kier molecular flexibility index (Phi) is 11.0. The molecule has 1 fully saturated rings. The lowest BCUT2D eigenvalue weighted by molar-refractivity contribution is 0.0598. The molecule has 1 heterocycles. The molecule has 4 aromatic carbocycles. The molecule has 5 rings (SSSR count). The van der Waals surface area contributed by atoms with Crippen molar-refractivity contribution in [2.45, 2.75) is 26.3 Å². The first kappa shape index (κ1) is 31.9. The zero-order chi connectivity index (χ0) is 31.6. The highest BCUT2D eigenvalue weighted by Crippen LogP contribution is 2.30. The molecule has 0 bridgehead atoms. The van der Waals surface area contributed by atoms with Crippen molar-refractivity contribution < 1.29 is 14.3 Å². The Hall–Kier alpha value is -4.53. The Morgan fingerprint density at radius 2 is 1.31 bits per heavy atom. The van der Waals surface area contributed by atoms with Gasteiger partial charge in [0.2, 0.25) is 0 Å². The van der Waals surface area contributed by atoms with Gasteiger partial charge in [-0.2, -0.15) is 0 Å². The molecule has 1 aliphatic heterocycles. The standard InChI is InChI=1S/C37H40N4O3S/c1-27(2)21-26-44-33-20-12-10-18-31(33)35(42)39-37(45)38-32-19-11-9-17-30(32)36(43)41-24-22-40(23-25-41)34(28-13-5-3-6-14-28)29-15-7-4-8-16-29/h3-20,27,34H,21-26H2,1-2H3,(H2,38,39,42,45). The molecule has 4 aromatic rings. The minimum absolute atomic E-state index is 0.0771. The van der Waals surface area contributed by atoms with Gasteiger partial charge in [0.05, 0.1) is 29.5 Å². The number of amides is 2. The van der Waals surface area contributed by atoms with Gasteiger partial charge in [-0.05, 0) is 59.9 Å². The van der Waals surface area contributed by atoms with Crippen LogP contribution in [0.1, 0.15) is 58.2 Å². The average Bonchev–Trinajstić information content (AvgIpc) is 3.06. The maximum atomic E-state index is 13.8. The fourth-order valence-electron chi connectivity index (χ4n) is 5.53. The quantitative estimate of drug-likeness (QED) is 0.190. The van der Waals surface area contributed by atoms with E-state index in [2.05, 4.69) is 77.9 Å². The maximum absolute atomic E-state index is 13.8. The zero-order valence-corrected chi connectivity index (χ0v) is 26.6. The zero-order valence-electron chi connectivity index (χ0n) is 25.8. The first-order valence-corrected chi connectivity index (χ1v) is 15.9. The molecule has 0 radical (unpaired) electrons. The molecule has 0 aromatic heterocycles. The Morgan fingerprint density at radius 3 is 1.93 bits per heavy atom. The van der Waals surface area contributed by atoms with Crippen LogP contribution in [0.4, 0.5) is 5.69 Å². The van der Waals surface area contributed by atoms with Gasteiger partial charge in [0.25, 0.3) is 11.8 Å². The minimum Gasteiger partial charge on any atom is -0.493 e. The topological polar surface area (TPSA) is 73.9 Å². The molecule has 0 atom stereocenters. The van der Waals surface area contributed by atoms with Crippen molar-refractivity contribution in [2.75, 3.05) is 38.1 Å². The van der Waals surface area contributed by atoms with Crippen molar-refractivity contribution in [3.63, 3.8) is 0 Å². The highest BCUT2D eigenvalue weighted by atomic mass is 32.1. The van der Waals surface area contributed by atoms with Crippen LogP contribution in [0.3, 0.4) is 0 Å². The number of nitrogens with zero attached hydrogens (tertiary/aromatic N) is 2. The lowest BCUT2D eigenvalue weighted by atomic mass is 9.96. The molecule has 7 nitrogen and oxygen atoms in total. The van der Waals surface area contributed by atoms with Gasteiger partial charge in [-0.3, -0.25) is 19.8 Å². The number of carbonyl (C=O) groups is 2. The minimum atomic E-state index is -0.376. The monoisotopic (exact) mass is 620 g/mol. The normalized spacial score (nSPS) is 13.5. The van der Waals surface area contributed by atoms with Gasteiger partial charge in [-0.1, -0.05) is 98.8 Å². The SMILES string of the molecule is CC(C)CCOc1ccccc1C(=O)NC(=S)Nc1ccccc1C(=O)N1CCN(C(c2ccccc2)c2ccccc2)CC1. The van der Waals surface area contributed by atoms with E-state index in [0.29, 0.717) is 48.2 Å². The number of carbonyl (C=O) groups excluding carboxylic acids is 2. The van der Waals surface area contributed by atoms with Gasteiger partial charge < -0.3 is 15.0 Å². The number of para-hydroxylation sites is 2. The summed E-state index contributed by atoms with van der Waals surface area (Å²) in [6, 6.07) is 35.5. The number of rotatable bonds is 10. The molecule has 1 saturated heterocycles. The first-order valence-electron chi connectivity index (χ1n) is 15.5. The molecule has 2 N–H and O–H groups in total. The van der Waals surface area contributed by atoms with E-state index in [1.807, 2.05) is 35.2 Å². The van der Waals surface area contributed by atoms with E-state index in [9.17, 15) is 9.59 Å². The van der Waals surface area contributed by atoms with Crippen molar-refractivity contribution >= 4 is 34.8 Å². The van der Waals surface area contributed by atoms with Crippen LogP contribution in [-0.2, 0) is 0 Å². The predicted molar refractivity (Wildman–Crippen MR) is 184 cm³/mol. The lowest BCUT2D eigenvalue weighted by Gasteiger charge is -2.40. The van der Waals surface area contributed by atoms with Gasteiger partial charge in [0.15, 0.2) is 5.11 Å². The van der Waals surface area contributed by atoms with E-state index < -0.39 is 0 Å². The highest BCUT2D eigenvalue weighted by Gasteiger charge is 2.29. The van der Waals surface area contributed by atoms with Gasteiger partial charge in [0, 0.05) is 26.2 Å². The summed E-state index contributed by atoms with van der Waals surface area (Å²) in [4.78, 5) is 31.2. The Labute approximate surface area is 271 Å². The lowest BCUT2D eigenvalue weighted by Crippen LogP contribution is -2.50. The third kappa shape index (κ3) is 8.35. The third-order valence-electron chi connectivity index (χ3n) is 7.91. The maximum Gasteiger partial charge on any atom is 0.261 e. The summed E-state index contributed by atoms with van der Waals surface area (Å²) in [7, 11) is 0. The summed E-state index contributed by atoms with van der Waals surface area (Å²) < 4.78 is 5.88. The molecule has 45 heavy (non-hydrogen) atoms. The molecular weight excluding hydrogens is 580 g/mol. The molecule has 0 saturated carbocycles. The summed E-state index contributed by atoms with van der Waals surface area (Å²) in [5.74, 6) is 0.551. The van der Waals surface area contributed by atoms with E-state index >= 15 is 0 Å². The average molecular weight is 621 g/mol. The Balaban J connectivity index is 1.22. The second-order valence-corrected chi connectivity index (χ2v) is 11.9. The van der Waals surface area contributed by atoms with Crippen molar-refractivity contribution in [1.29, 1.82) is 0 Å². The van der Waals surface area contributed by atoms with Gasteiger partial charge in [0.1, 0.15) is 5.75 Å². The van der Waals surface area contributed by atoms with Crippen molar-refractivity contribution in [3.05, 3.63) is 131 Å². The number of hydrogen-bond donors (Lipinski definition) is 2. The fraction of sp³-hybridized carbons (Fsp3) is 0.270. The Bertz CT molecular complexity index is 1550. The van der Waals surface area contributed by atoms with Crippen molar-refractivity contribution in [1.82, 2.24) is 15.1 Å². The van der Waals surface area contributed by atoms with Gasteiger partial charge in [-0.25, -0.2) is 0 Å². The van der Waals surface area contributed by atoms with Crippen LogP contribution in [0.5, 0.6) is 5.75 Å². The number of piperazine rings is 1. The van der Waals surface area contributed by atoms with Crippen molar-refractivity contribution in [3.8, 4) is 5.75 Å². The van der Waals surface area contributed by atoms with Crippen LogP contribution >= 0.6 is 12.2 Å². The summed E-state index contributed by atoms with van der Waals surface area (Å²) in [5, 5.41) is 5.94. The van der Waals surface area contributed by atoms with E-state index in [-0.39, 0.29) is 23.0 Å². The molecule has 1 aliphatic rings. The van der Waals surface area contributed by atoms with E-state index in [0.717, 1.165) is 19.5 Å². The summed E-state index contributed by atoms with van der Waals surface area (Å²) >= 11 is 5.50. The largest absolute Gasteiger partial charge is 0.493 e. The summed E-state index contributed by atoms with van der Waals surface area (Å²) in [6.07, 6.45) is 0.885. The number of thiocarbonyl (C=S) groups is 1. The molecule has 0 unspecified atom stereocenters. The summed E-state index contributed by atoms with van der Waals surface area (Å²) in [5.41, 5.74) is 3.92. The predicted octanol–water partition coefficient (Wildman–Crippen LogP) is 6.79. The van der Waals surface area contributed by atoms with Crippen LogP contribution in [-0.4, -0.2) is 59.5 Å². The number of hydrogen-bond acceptors (Lipinski definition) is 5. The smallest absolute Gasteiger partial charge is 0.261 e. The van der Waals surface area contributed by atoms with E-state index in [1.54, 1.807) is 30.3 Å². The van der Waals surface area contributed by atoms with E-state index in [1.165, 1.54) is 11.1 Å². The number of anilines is 1. The number of ether oxygens (including phenoxy) is 1. The first-order chi connectivity index (χ1) is 21.9. The van der Waals surface area contributed by atoms with Gasteiger partial charge in [-0.15, -0.1) is 0 Å². The summed E-state index contributed by atoms with van der Waals surface area (Å²) in [6.45, 7) is 7.44. The van der Waals surface area contributed by atoms with E-state index in [4.69, 9.17) is 17.0 Å². The molecule has 2 amide bonds. The van der Waals surface area contributed by atoms with Crippen LogP contribution in [0.15, 0.2) is 109 Å². The molecule has 0 aliphatic carbocycles. The number of benzene rings is 4. The van der Waals surface area contributed by atoms with Crippen LogP contribution in [0.2, 0.25) is 0 Å². The second kappa shape index (κ2) is 15.5. The molecule has 0 spiro atoms. The fourth-order valence-corrected chi connectivity index (χ4v) is 5.73. The third-order valence-corrected chi connectivity index (χ3v) is 8.12.